The zero-order chi connectivity index (χ0) is 19.4. The summed E-state index contributed by atoms with van der Waals surface area (Å²) in [7, 11) is 0. The average molecular weight is 361 g/mol. The lowest BCUT2D eigenvalue weighted by atomic mass is 9.89. The van der Waals surface area contributed by atoms with E-state index in [0.29, 0.717) is 12.2 Å². The van der Waals surface area contributed by atoms with Gasteiger partial charge in [0.25, 0.3) is 0 Å². The van der Waals surface area contributed by atoms with Crippen LogP contribution in [0.1, 0.15) is 42.6 Å². The van der Waals surface area contributed by atoms with Crippen LogP contribution < -0.4 is 0 Å². The number of hydrogen-bond acceptors (Lipinski definition) is 3. The summed E-state index contributed by atoms with van der Waals surface area (Å²) in [6, 6.07) is 17.8. The van der Waals surface area contributed by atoms with Gasteiger partial charge in [0.15, 0.2) is 0 Å². The Hall–Kier alpha value is -3.14. The Kier molecular flexibility index (Phi) is 5.55. The van der Waals surface area contributed by atoms with Crippen molar-refractivity contribution < 1.29 is 14.3 Å². The molecule has 2 aromatic carbocycles. The fraction of sp³-hybridized carbons (Fsp3) is 0.217. The van der Waals surface area contributed by atoms with Crippen LogP contribution in [-0.2, 0) is 9.53 Å². The van der Waals surface area contributed by atoms with E-state index in [2.05, 4.69) is 0 Å². The molecule has 3 aromatic rings. The Labute approximate surface area is 159 Å². The van der Waals surface area contributed by atoms with Gasteiger partial charge in [0.2, 0.25) is 5.91 Å². The number of rotatable bonds is 5. The number of para-hydroxylation sites is 1. The Morgan fingerprint density at radius 2 is 1.70 bits per heavy atom. The van der Waals surface area contributed by atoms with E-state index in [1.165, 1.54) is 0 Å². The molecule has 4 heteroatoms. The molecule has 1 heterocycles. The van der Waals surface area contributed by atoms with E-state index in [1.54, 1.807) is 25.3 Å². The highest BCUT2D eigenvalue weighted by Gasteiger charge is 2.20. The number of nitrogens with zero attached hydrogens (tertiary/aromatic N) is 1. The SMILES string of the molecule is CCOC(=O)/C(C)=C\C(c1ccccc1)c1cn(C(C)=O)c2ccccc12. The van der Waals surface area contributed by atoms with E-state index in [0.717, 1.165) is 22.0 Å². The van der Waals surface area contributed by atoms with Crippen molar-refractivity contribution in [2.24, 2.45) is 0 Å². The lowest BCUT2D eigenvalue weighted by molar-refractivity contribution is -0.138. The molecule has 0 aliphatic carbocycles. The lowest BCUT2D eigenvalue weighted by Gasteiger charge is -2.14. The zero-order valence-corrected chi connectivity index (χ0v) is 15.8. The average Bonchev–Trinajstić information content (AvgIpc) is 3.06. The topological polar surface area (TPSA) is 48.3 Å². The minimum absolute atomic E-state index is 0.0460. The summed E-state index contributed by atoms with van der Waals surface area (Å²) in [5.41, 5.74) is 3.44. The molecule has 3 rings (SSSR count). The van der Waals surface area contributed by atoms with E-state index in [1.807, 2.05) is 66.9 Å². The third-order valence-corrected chi connectivity index (χ3v) is 4.59. The highest BCUT2D eigenvalue weighted by atomic mass is 16.5. The van der Waals surface area contributed by atoms with Gasteiger partial charge in [0, 0.05) is 30.0 Å². The minimum atomic E-state index is -0.325. The van der Waals surface area contributed by atoms with Gasteiger partial charge < -0.3 is 4.74 Å². The standard InChI is InChI=1S/C23H23NO3/c1-4-27-23(26)16(2)14-20(18-10-6-5-7-11-18)21-15-24(17(3)25)22-13-9-8-12-19(21)22/h5-15,20H,4H2,1-3H3/b16-14-. The van der Waals surface area contributed by atoms with Crippen molar-refractivity contribution in [3.05, 3.63) is 83.6 Å². The summed E-state index contributed by atoms with van der Waals surface area (Å²) >= 11 is 0. The molecule has 0 saturated heterocycles. The fourth-order valence-electron chi connectivity index (χ4n) is 3.30. The number of benzene rings is 2. The Morgan fingerprint density at radius 3 is 2.37 bits per heavy atom. The van der Waals surface area contributed by atoms with Crippen molar-refractivity contribution in [1.29, 1.82) is 0 Å². The fourth-order valence-corrected chi connectivity index (χ4v) is 3.30. The van der Waals surface area contributed by atoms with Crippen molar-refractivity contribution in [2.45, 2.75) is 26.7 Å². The third kappa shape index (κ3) is 3.85. The highest BCUT2D eigenvalue weighted by Crippen LogP contribution is 2.34. The Bertz CT molecular complexity index is 999. The van der Waals surface area contributed by atoms with Gasteiger partial charge in [0.1, 0.15) is 0 Å². The van der Waals surface area contributed by atoms with Gasteiger partial charge in [-0.3, -0.25) is 9.36 Å². The summed E-state index contributed by atoms with van der Waals surface area (Å²) in [6.07, 6.45) is 3.79. The first-order chi connectivity index (χ1) is 13.0. The molecule has 1 atom stereocenters. The number of fused-ring (bicyclic) bond motifs is 1. The summed E-state index contributed by atoms with van der Waals surface area (Å²) in [4.78, 5) is 24.3. The predicted octanol–water partition coefficient (Wildman–Crippen LogP) is 4.94. The second kappa shape index (κ2) is 8.04. The molecule has 0 N–H and O–H groups in total. The van der Waals surface area contributed by atoms with E-state index < -0.39 is 0 Å². The third-order valence-electron chi connectivity index (χ3n) is 4.59. The molecule has 138 valence electrons. The number of aromatic nitrogens is 1. The van der Waals surface area contributed by atoms with Crippen molar-refractivity contribution in [2.75, 3.05) is 6.61 Å². The van der Waals surface area contributed by atoms with Crippen LogP contribution in [0, 0.1) is 0 Å². The number of carbonyl (C=O) groups excluding carboxylic acids is 2. The molecule has 0 aliphatic rings. The molecule has 4 nitrogen and oxygen atoms in total. The first-order valence-corrected chi connectivity index (χ1v) is 9.04. The van der Waals surface area contributed by atoms with Gasteiger partial charge in [-0.05, 0) is 31.0 Å². The molecule has 0 radical (unpaired) electrons. The van der Waals surface area contributed by atoms with Crippen molar-refractivity contribution in [3.63, 3.8) is 0 Å². The molecule has 0 spiro atoms. The molecule has 1 aromatic heterocycles. The largest absolute Gasteiger partial charge is 0.463 e. The van der Waals surface area contributed by atoms with E-state index in [4.69, 9.17) is 4.74 Å². The van der Waals surface area contributed by atoms with Gasteiger partial charge >= 0.3 is 5.97 Å². The maximum Gasteiger partial charge on any atom is 0.333 e. The first-order valence-electron chi connectivity index (χ1n) is 9.04. The van der Waals surface area contributed by atoms with Crippen LogP contribution in [0.3, 0.4) is 0 Å². The molecule has 0 saturated carbocycles. The summed E-state index contributed by atoms with van der Waals surface area (Å²) in [5.74, 6) is -0.537. The Morgan fingerprint density at radius 1 is 1.04 bits per heavy atom. The van der Waals surface area contributed by atoms with E-state index >= 15 is 0 Å². The molecule has 0 bridgehead atoms. The quantitative estimate of drug-likeness (QED) is 0.477. The molecule has 0 fully saturated rings. The maximum absolute atomic E-state index is 12.2. The summed E-state index contributed by atoms with van der Waals surface area (Å²) in [6.45, 7) is 5.44. The van der Waals surface area contributed by atoms with Crippen LogP contribution in [0.4, 0.5) is 0 Å². The van der Waals surface area contributed by atoms with Crippen molar-refractivity contribution in [3.8, 4) is 0 Å². The summed E-state index contributed by atoms with van der Waals surface area (Å²) < 4.78 is 6.80. The van der Waals surface area contributed by atoms with Crippen LogP contribution >= 0.6 is 0 Å². The molecule has 0 aliphatic heterocycles. The second-order valence-corrected chi connectivity index (χ2v) is 6.45. The molecular weight excluding hydrogens is 338 g/mol. The summed E-state index contributed by atoms with van der Waals surface area (Å²) in [5, 5.41) is 0.995. The number of esters is 1. The van der Waals surface area contributed by atoms with Crippen LogP contribution in [0.5, 0.6) is 0 Å². The monoisotopic (exact) mass is 361 g/mol. The van der Waals surface area contributed by atoms with Gasteiger partial charge in [-0.25, -0.2) is 4.79 Å². The second-order valence-electron chi connectivity index (χ2n) is 6.45. The first kappa shape index (κ1) is 18.6. The van der Waals surface area contributed by atoms with Gasteiger partial charge in [0.05, 0.1) is 12.1 Å². The number of ether oxygens (including phenoxy) is 1. The smallest absolute Gasteiger partial charge is 0.333 e. The predicted molar refractivity (Wildman–Crippen MR) is 107 cm³/mol. The molecule has 27 heavy (non-hydrogen) atoms. The number of carbonyl (C=O) groups is 2. The highest BCUT2D eigenvalue weighted by molar-refractivity contribution is 5.94. The van der Waals surface area contributed by atoms with Gasteiger partial charge in [-0.2, -0.15) is 0 Å². The van der Waals surface area contributed by atoms with Crippen molar-refractivity contribution in [1.82, 2.24) is 4.57 Å². The van der Waals surface area contributed by atoms with E-state index in [9.17, 15) is 9.59 Å². The van der Waals surface area contributed by atoms with Crippen LogP contribution in [0.15, 0.2) is 72.4 Å². The van der Waals surface area contributed by atoms with Crippen molar-refractivity contribution >= 4 is 22.8 Å². The number of hydrogen-bond donors (Lipinski definition) is 0. The van der Waals surface area contributed by atoms with Crippen LogP contribution in [0.2, 0.25) is 0 Å². The Balaban J connectivity index is 2.20. The van der Waals surface area contributed by atoms with Gasteiger partial charge in [-0.1, -0.05) is 54.6 Å². The van der Waals surface area contributed by atoms with Crippen LogP contribution in [-0.4, -0.2) is 23.1 Å². The normalized spacial score (nSPS) is 12.8. The number of allylic oxidation sites excluding steroid dienone is 1. The molecule has 0 amide bonds. The molecule has 1 unspecified atom stereocenters. The maximum atomic E-state index is 12.2. The van der Waals surface area contributed by atoms with E-state index in [-0.39, 0.29) is 17.8 Å². The minimum Gasteiger partial charge on any atom is -0.463 e. The zero-order valence-electron chi connectivity index (χ0n) is 15.8. The lowest BCUT2D eigenvalue weighted by Crippen LogP contribution is -2.08. The molecular formula is C23H23NO3. The van der Waals surface area contributed by atoms with Crippen LogP contribution in [0.25, 0.3) is 10.9 Å². The van der Waals surface area contributed by atoms with Gasteiger partial charge in [-0.15, -0.1) is 0 Å².